The zero-order chi connectivity index (χ0) is 20.7. The Morgan fingerprint density at radius 2 is 1.73 bits per heavy atom. The molecule has 4 aliphatic carbocycles. The summed E-state index contributed by atoms with van der Waals surface area (Å²) in [6.07, 6.45) is 7.81. The van der Waals surface area contributed by atoms with Gasteiger partial charge in [-0.25, -0.2) is 0 Å². The van der Waals surface area contributed by atoms with Gasteiger partial charge in [0.05, 0.1) is 5.25 Å². The molecule has 0 spiro atoms. The van der Waals surface area contributed by atoms with Crippen LogP contribution in [0.2, 0.25) is 0 Å². The molecule has 6 heteroatoms. The number of hydrogen-bond acceptors (Lipinski definition) is 5. The van der Waals surface area contributed by atoms with Crippen LogP contribution in [-0.2, 0) is 10.2 Å². The van der Waals surface area contributed by atoms with Gasteiger partial charge in [-0.2, -0.15) is 0 Å². The van der Waals surface area contributed by atoms with Crippen molar-refractivity contribution in [3.63, 3.8) is 0 Å². The molecule has 5 nitrogen and oxygen atoms in total. The van der Waals surface area contributed by atoms with Crippen molar-refractivity contribution in [2.75, 3.05) is 6.54 Å². The molecule has 0 aliphatic heterocycles. The maximum Gasteiger partial charge on any atom is 0.277 e. The van der Waals surface area contributed by atoms with Crippen molar-refractivity contribution in [1.82, 2.24) is 15.5 Å². The molecule has 1 aromatic carbocycles. The zero-order valence-corrected chi connectivity index (χ0v) is 18.7. The Morgan fingerprint density at radius 3 is 2.37 bits per heavy atom. The van der Waals surface area contributed by atoms with E-state index in [4.69, 9.17) is 4.42 Å². The van der Waals surface area contributed by atoms with Gasteiger partial charge in [-0.05, 0) is 74.7 Å². The Balaban J connectivity index is 1.18. The summed E-state index contributed by atoms with van der Waals surface area (Å²) in [5.74, 6) is 3.65. The topological polar surface area (TPSA) is 68.0 Å². The van der Waals surface area contributed by atoms with Crippen molar-refractivity contribution in [3.05, 3.63) is 41.8 Å². The first-order chi connectivity index (χ1) is 14.5. The van der Waals surface area contributed by atoms with Crippen LogP contribution in [0.3, 0.4) is 0 Å². The predicted molar refractivity (Wildman–Crippen MR) is 117 cm³/mol. The van der Waals surface area contributed by atoms with Crippen molar-refractivity contribution < 1.29 is 9.21 Å². The highest BCUT2D eigenvalue weighted by Crippen LogP contribution is 2.60. The van der Waals surface area contributed by atoms with Crippen LogP contribution in [0.15, 0.2) is 40.0 Å². The molecule has 6 rings (SSSR count). The highest BCUT2D eigenvalue weighted by atomic mass is 32.2. The van der Waals surface area contributed by atoms with Crippen LogP contribution in [0.1, 0.15) is 69.7 Å². The summed E-state index contributed by atoms with van der Waals surface area (Å²) in [6.45, 7) is 4.65. The van der Waals surface area contributed by atoms with E-state index in [0.717, 1.165) is 23.6 Å². The lowest BCUT2D eigenvalue weighted by molar-refractivity contribution is -0.120. The lowest BCUT2D eigenvalue weighted by atomic mass is 9.49. The van der Waals surface area contributed by atoms with Gasteiger partial charge in [-0.3, -0.25) is 4.79 Å². The molecule has 30 heavy (non-hydrogen) atoms. The average molecular weight is 426 g/mol. The van der Waals surface area contributed by atoms with Gasteiger partial charge < -0.3 is 9.73 Å². The smallest absolute Gasteiger partial charge is 0.277 e. The Hall–Kier alpha value is -1.82. The fraction of sp³-hybridized carbons (Fsp3) is 0.625. The van der Waals surface area contributed by atoms with Gasteiger partial charge in [0.2, 0.25) is 11.8 Å². The zero-order valence-electron chi connectivity index (χ0n) is 17.8. The number of nitrogens with zero attached hydrogens (tertiary/aromatic N) is 2. The molecule has 0 unspecified atom stereocenters. The number of rotatable bonds is 7. The molecule has 4 fully saturated rings. The molecular weight excluding hydrogens is 394 g/mol. The van der Waals surface area contributed by atoms with Gasteiger partial charge in [0.15, 0.2) is 0 Å². The average Bonchev–Trinajstić information content (AvgIpc) is 3.21. The summed E-state index contributed by atoms with van der Waals surface area (Å²) in [5, 5.41) is 12.1. The number of aromatic nitrogens is 2. The summed E-state index contributed by atoms with van der Waals surface area (Å²) < 4.78 is 6.14. The first-order valence-corrected chi connectivity index (χ1v) is 12.2. The third-order valence-corrected chi connectivity index (χ3v) is 8.43. The van der Waals surface area contributed by atoms with E-state index in [0.29, 0.717) is 11.8 Å². The Bertz CT molecular complexity index is 862. The summed E-state index contributed by atoms with van der Waals surface area (Å²) in [7, 11) is 0. The van der Waals surface area contributed by atoms with Crippen LogP contribution < -0.4 is 5.32 Å². The molecular formula is C24H31N3O2S. The Kier molecular flexibility index (Phi) is 5.38. The molecule has 4 aliphatic rings. The molecule has 2 aromatic rings. The number of carbonyl (C=O) groups is 1. The molecule has 160 valence electrons. The minimum absolute atomic E-state index is 0.0114. The lowest BCUT2D eigenvalue weighted by Gasteiger charge is -2.55. The molecule has 1 amide bonds. The number of hydrogen-bond donors (Lipinski definition) is 1. The van der Waals surface area contributed by atoms with Gasteiger partial charge >= 0.3 is 0 Å². The van der Waals surface area contributed by atoms with Crippen LogP contribution >= 0.6 is 11.8 Å². The van der Waals surface area contributed by atoms with E-state index in [2.05, 4.69) is 34.6 Å². The van der Waals surface area contributed by atoms with Crippen molar-refractivity contribution in [3.8, 4) is 0 Å². The fourth-order valence-corrected chi connectivity index (χ4v) is 7.05. The van der Waals surface area contributed by atoms with E-state index in [1.807, 2.05) is 25.1 Å². The molecule has 0 radical (unpaired) electrons. The quantitative estimate of drug-likeness (QED) is 0.637. The third kappa shape index (κ3) is 3.91. The van der Waals surface area contributed by atoms with Crippen molar-refractivity contribution in [2.24, 2.45) is 17.8 Å². The van der Waals surface area contributed by atoms with Gasteiger partial charge in [0.1, 0.15) is 0 Å². The van der Waals surface area contributed by atoms with Crippen LogP contribution in [0.5, 0.6) is 0 Å². The van der Waals surface area contributed by atoms with Crippen LogP contribution in [0.4, 0.5) is 0 Å². The standard InChI is InChI=1S/C24H31N3O2S/c1-15(20-6-4-3-5-7-20)14-25-21(28)16(2)30-23-27-26-22(29-23)24-11-17-8-18(12-24)10-19(9-17)13-24/h3-7,15-19H,8-14H2,1-2H3,(H,25,28)/t15-,16-,17?,18?,19?,24?/m1/s1. The van der Waals surface area contributed by atoms with Crippen LogP contribution in [0.25, 0.3) is 0 Å². The molecule has 1 heterocycles. The minimum Gasteiger partial charge on any atom is -0.415 e. The van der Waals surface area contributed by atoms with E-state index in [1.54, 1.807) is 0 Å². The molecule has 0 saturated heterocycles. The SMILES string of the molecule is C[C@H](CNC(=O)[C@@H](C)Sc1nnc(C23CC4CC(CC(C4)C2)C3)o1)c1ccccc1. The second-order valence-electron chi connectivity index (χ2n) is 9.89. The molecule has 1 aromatic heterocycles. The molecule has 1 N–H and O–H groups in total. The maximum atomic E-state index is 12.6. The van der Waals surface area contributed by atoms with E-state index < -0.39 is 0 Å². The number of nitrogens with one attached hydrogen (secondary N) is 1. The monoisotopic (exact) mass is 425 g/mol. The Morgan fingerprint density at radius 1 is 1.10 bits per heavy atom. The second kappa shape index (κ2) is 8.03. The highest BCUT2D eigenvalue weighted by Gasteiger charge is 2.54. The summed E-state index contributed by atoms with van der Waals surface area (Å²) in [6, 6.07) is 10.3. The summed E-state index contributed by atoms with van der Waals surface area (Å²) >= 11 is 1.37. The normalized spacial score (nSPS) is 31.5. The van der Waals surface area contributed by atoms with Crippen LogP contribution in [-0.4, -0.2) is 27.9 Å². The maximum absolute atomic E-state index is 12.6. The lowest BCUT2D eigenvalue weighted by Crippen LogP contribution is -2.48. The number of amides is 1. The summed E-state index contributed by atoms with van der Waals surface area (Å²) in [5.41, 5.74) is 1.34. The van der Waals surface area contributed by atoms with E-state index in [1.165, 1.54) is 55.9 Å². The Labute approximate surface area is 182 Å². The first-order valence-electron chi connectivity index (χ1n) is 11.3. The minimum atomic E-state index is -0.266. The van der Waals surface area contributed by atoms with E-state index in [9.17, 15) is 4.79 Å². The van der Waals surface area contributed by atoms with Gasteiger partial charge in [-0.15, -0.1) is 10.2 Å². The van der Waals surface area contributed by atoms with Gasteiger partial charge in [-0.1, -0.05) is 49.0 Å². The largest absolute Gasteiger partial charge is 0.415 e. The second-order valence-corrected chi connectivity index (χ2v) is 11.2. The van der Waals surface area contributed by atoms with Crippen molar-refractivity contribution >= 4 is 17.7 Å². The molecule has 4 saturated carbocycles. The number of benzene rings is 1. The first kappa shape index (κ1) is 20.1. The van der Waals surface area contributed by atoms with Gasteiger partial charge in [0, 0.05) is 12.0 Å². The van der Waals surface area contributed by atoms with Crippen molar-refractivity contribution in [2.45, 2.75) is 74.2 Å². The predicted octanol–water partition coefficient (Wildman–Crippen LogP) is 4.94. The highest BCUT2D eigenvalue weighted by molar-refractivity contribution is 8.00. The van der Waals surface area contributed by atoms with E-state index >= 15 is 0 Å². The third-order valence-electron chi connectivity index (χ3n) is 7.50. The number of carbonyl (C=O) groups excluding carboxylic acids is 1. The van der Waals surface area contributed by atoms with Crippen molar-refractivity contribution in [1.29, 1.82) is 0 Å². The molecule has 4 bridgehead atoms. The van der Waals surface area contributed by atoms with Gasteiger partial charge in [0.25, 0.3) is 5.22 Å². The fourth-order valence-electron chi connectivity index (χ4n) is 6.35. The van der Waals surface area contributed by atoms with E-state index in [-0.39, 0.29) is 22.5 Å². The van der Waals surface area contributed by atoms with Crippen LogP contribution in [0, 0.1) is 17.8 Å². The molecule has 2 atom stereocenters. The summed E-state index contributed by atoms with van der Waals surface area (Å²) in [4.78, 5) is 12.6. The number of thioether (sulfide) groups is 1.